The van der Waals surface area contributed by atoms with Gasteiger partial charge in [-0.3, -0.25) is 4.79 Å². The van der Waals surface area contributed by atoms with Gasteiger partial charge in [0.15, 0.2) is 5.82 Å². The summed E-state index contributed by atoms with van der Waals surface area (Å²) in [5, 5.41) is 21.2. The van der Waals surface area contributed by atoms with Gasteiger partial charge in [-0.25, -0.2) is 0 Å². The van der Waals surface area contributed by atoms with Gasteiger partial charge in [0, 0.05) is 13.1 Å². The topological polar surface area (TPSA) is 104 Å². The van der Waals surface area contributed by atoms with E-state index in [-0.39, 0.29) is 18.4 Å². The normalized spacial score (nSPS) is 19.9. The van der Waals surface area contributed by atoms with Gasteiger partial charge in [0.25, 0.3) is 0 Å². The highest BCUT2D eigenvalue weighted by Crippen LogP contribution is 2.18. The molecule has 1 saturated heterocycles. The number of nitrogens with one attached hydrogen (secondary N) is 1. The van der Waals surface area contributed by atoms with Crippen LogP contribution < -0.4 is 16.0 Å². The first-order valence-electron chi connectivity index (χ1n) is 9.31. The summed E-state index contributed by atoms with van der Waals surface area (Å²) in [5.74, 6) is 3.21. The number of β-amino-alcohol motifs (C(OH)–C–C–N with tert-alkyl or cyclic N) is 1. The van der Waals surface area contributed by atoms with Crippen LogP contribution >= 0.6 is 0 Å². The number of rotatable bonds is 6. The number of carbonyl (C=O) groups is 1. The minimum absolute atomic E-state index is 0.126. The first kappa shape index (κ1) is 19.8. The molecule has 0 aliphatic carbocycles. The molecule has 3 rings (SSSR count). The van der Waals surface area contributed by atoms with Crippen LogP contribution in [0, 0.1) is 12.3 Å². The fraction of sp³-hybridized carbons (Fsp3) is 0.381. The number of amides is 1. The SMILES string of the molecule is C#Cc1ccc(N2C[C@@H](O)[C@@H](NC(=O)Cc3ccc(C(C)CN)cc3)C2)nn1. The van der Waals surface area contributed by atoms with Gasteiger partial charge in [-0.1, -0.05) is 31.2 Å². The molecule has 1 aliphatic rings. The van der Waals surface area contributed by atoms with E-state index in [9.17, 15) is 9.90 Å². The van der Waals surface area contributed by atoms with Crippen molar-refractivity contribution in [2.45, 2.75) is 31.4 Å². The zero-order valence-corrected chi connectivity index (χ0v) is 15.9. The monoisotopic (exact) mass is 379 g/mol. The number of aliphatic hydroxyl groups excluding tert-OH is 1. The molecule has 1 amide bonds. The van der Waals surface area contributed by atoms with E-state index in [2.05, 4.69) is 28.4 Å². The molecule has 0 saturated carbocycles. The summed E-state index contributed by atoms with van der Waals surface area (Å²) in [4.78, 5) is 14.3. The van der Waals surface area contributed by atoms with E-state index >= 15 is 0 Å². The van der Waals surface area contributed by atoms with Gasteiger partial charge in [-0.2, -0.15) is 0 Å². The van der Waals surface area contributed by atoms with Crippen LogP contribution in [0.1, 0.15) is 29.7 Å². The first-order chi connectivity index (χ1) is 13.5. The molecular formula is C21H25N5O2. The third-order valence-corrected chi connectivity index (χ3v) is 5.02. The summed E-state index contributed by atoms with van der Waals surface area (Å²) >= 11 is 0. The van der Waals surface area contributed by atoms with Crippen LogP contribution in [0.2, 0.25) is 0 Å². The van der Waals surface area contributed by atoms with E-state index < -0.39 is 6.10 Å². The molecule has 146 valence electrons. The fourth-order valence-electron chi connectivity index (χ4n) is 3.23. The van der Waals surface area contributed by atoms with Gasteiger partial charge in [0.1, 0.15) is 5.69 Å². The molecule has 2 heterocycles. The molecule has 1 aromatic heterocycles. The third-order valence-electron chi connectivity index (χ3n) is 5.02. The lowest BCUT2D eigenvalue weighted by atomic mass is 9.99. The average molecular weight is 379 g/mol. The minimum atomic E-state index is -0.675. The Hall–Kier alpha value is -2.95. The van der Waals surface area contributed by atoms with Crippen molar-refractivity contribution in [1.29, 1.82) is 0 Å². The largest absolute Gasteiger partial charge is 0.389 e. The Kier molecular flexibility index (Phi) is 6.24. The summed E-state index contributed by atoms with van der Waals surface area (Å²) in [6.07, 6.45) is 4.87. The highest BCUT2D eigenvalue weighted by atomic mass is 16.3. The maximum absolute atomic E-state index is 12.4. The molecule has 0 spiro atoms. The molecule has 3 atom stereocenters. The number of nitrogens with zero attached hydrogens (tertiary/aromatic N) is 3. The van der Waals surface area contributed by atoms with Crippen LogP contribution in [-0.2, 0) is 11.2 Å². The average Bonchev–Trinajstić information content (AvgIpc) is 3.08. The fourth-order valence-corrected chi connectivity index (χ4v) is 3.23. The molecule has 2 aromatic rings. The van der Waals surface area contributed by atoms with E-state index in [1.165, 1.54) is 0 Å². The second-order valence-electron chi connectivity index (χ2n) is 7.12. The molecule has 1 aliphatic heterocycles. The summed E-state index contributed by atoms with van der Waals surface area (Å²) in [6.45, 7) is 3.50. The second kappa shape index (κ2) is 8.83. The van der Waals surface area contributed by atoms with E-state index in [1.807, 2.05) is 29.2 Å². The van der Waals surface area contributed by atoms with E-state index in [0.717, 1.165) is 11.1 Å². The zero-order valence-electron chi connectivity index (χ0n) is 15.9. The number of anilines is 1. The summed E-state index contributed by atoms with van der Waals surface area (Å²) < 4.78 is 0. The number of aromatic nitrogens is 2. The molecule has 28 heavy (non-hydrogen) atoms. The Labute approximate surface area is 165 Å². The van der Waals surface area contributed by atoms with E-state index in [0.29, 0.717) is 37.1 Å². The lowest BCUT2D eigenvalue weighted by molar-refractivity contribution is -0.121. The third kappa shape index (κ3) is 4.66. The second-order valence-corrected chi connectivity index (χ2v) is 7.12. The molecule has 0 radical (unpaired) electrons. The zero-order chi connectivity index (χ0) is 20.1. The Morgan fingerprint density at radius 3 is 2.68 bits per heavy atom. The van der Waals surface area contributed by atoms with Crippen molar-refractivity contribution in [1.82, 2.24) is 15.5 Å². The molecule has 7 nitrogen and oxygen atoms in total. The van der Waals surface area contributed by atoms with Crippen molar-refractivity contribution in [3.05, 3.63) is 53.2 Å². The van der Waals surface area contributed by atoms with Gasteiger partial charge in [0.2, 0.25) is 5.91 Å². The Bertz CT molecular complexity index is 845. The van der Waals surface area contributed by atoms with Gasteiger partial charge in [-0.15, -0.1) is 16.6 Å². The number of nitrogens with two attached hydrogens (primary N) is 1. The standard InChI is InChI=1S/C21H25N5O2/c1-3-17-8-9-20(25-24-17)26-12-18(19(27)13-26)23-21(28)10-15-4-6-16(7-5-15)14(2)11-22/h1,4-9,14,18-19,27H,10-13,22H2,2H3,(H,23,28)/t14?,18-,19+/m0/s1. The van der Waals surface area contributed by atoms with E-state index in [4.69, 9.17) is 12.2 Å². The predicted octanol–water partition coefficient (Wildman–Crippen LogP) is 0.428. The number of benzene rings is 1. The number of carbonyl (C=O) groups excluding carboxylic acids is 1. The maximum Gasteiger partial charge on any atom is 0.224 e. The van der Waals surface area contributed by atoms with Gasteiger partial charge in [-0.05, 0) is 41.6 Å². The predicted molar refractivity (Wildman–Crippen MR) is 108 cm³/mol. The number of hydrogen-bond donors (Lipinski definition) is 3. The van der Waals surface area contributed by atoms with Crippen LogP contribution in [-0.4, -0.2) is 53.0 Å². The summed E-state index contributed by atoms with van der Waals surface area (Å²) in [7, 11) is 0. The molecule has 4 N–H and O–H groups in total. The van der Waals surface area contributed by atoms with Crippen LogP contribution in [0.3, 0.4) is 0 Å². The van der Waals surface area contributed by atoms with Crippen LogP contribution in [0.15, 0.2) is 36.4 Å². The quantitative estimate of drug-likeness (QED) is 0.629. The van der Waals surface area contributed by atoms with Crippen molar-refractivity contribution in [2.24, 2.45) is 5.73 Å². The van der Waals surface area contributed by atoms with Crippen LogP contribution in [0.25, 0.3) is 0 Å². The molecule has 1 fully saturated rings. The van der Waals surface area contributed by atoms with Crippen molar-refractivity contribution >= 4 is 11.7 Å². The summed E-state index contributed by atoms with van der Waals surface area (Å²) in [5.41, 5.74) is 8.22. The van der Waals surface area contributed by atoms with Crippen molar-refractivity contribution in [2.75, 3.05) is 24.5 Å². The van der Waals surface area contributed by atoms with Gasteiger partial charge >= 0.3 is 0 Å². The Balaban J connectivity index is 1.55. The highest BCUT2D eigenvalue weighted by molar-refractivity contribution is 5.79. The highest BCUT2D eigenvalue weighted by Gasteiger charge is 2.33. The van der Waals surface area contributed by atoms with Gasteiger partial charge in [0.05, 0.1) is 18.6 Å². The Morgan fingerprint density at radius 1 is 1.32 bits per heavy atom. The smallest absolute Gasteiger partial charge is 0.224 e. The lowest BCUT2D eigenvalue weighted by Gasteiger charge is -2.17. The molecule has 0 bridgehead atoms. The Morgan fingerprint density at radius 2 is 2.07 bits per heavy atom. The molecule has 1 aromatic carbocycles. The number of aliphatic hydroxyl groups is 1. The minimum Gasteiger partial charge on any atom is -0.389 e. The van der Waals surface area contributed by atoms with Crippen molar-refractivity contribution in [3.63, 3.8) is 0 Å². The van der Waals surface area contributed by atoms with Crippen LogP contribution in [0.4, 0.5) is 5.82 Å². The van der Waals surface area contributed by atoms with Crippen molar-refractivity contribution in [3.8, 4) is 12.3 Å². The van der Waals surface area contributed by atoms with Crippen LogP contribution in [0.5, 0.6) is 0 Å². The van der Waals surface area contributed by atoms with Gasteiger partial charge < -0.3 is 21.1 Å². The first-order valence-corrected chi connectivity index (χ1v) is 9.31. The number of hydrogen-bond acceptors (Lipinski definition) is 6. The lowest BCUT2D eigenvalue weighted by Crippen LogP contribution is -2.43. The molecule has 7 heteroatoms. The maximum atomic E-state index is 12.4. The summed E-state index contributed by atoms with van der Waals surface area (Å²) in [6, 6.07) is 11.0. The number of terminal acetylenes is 1. The molecular weight excluding hydrogens is 354 g/mol. The van der Waals surface area contributed by atoms with E-state index in [1.54, 1.807) is 12.1 Å². The molecule has 1 unspecified atom stereocenters. The van der Waals surface area contributed by atoms with Crippen molar-refractivity contribution < 1.29 is 9.90 Å².